The van der Waals surface area contributed by atoms with E-state index in [4.69, 9.17) is 15.0 Å². The highest BCUT2D eigenvalue weighted by atomic mass is 16.4. The van der Waals surface area contributed by atoms with Gasteiger partial charge in [-0.1, -0.05) is 121 Å². The van der Waals surface area contributed by atoms with E-state index < -0.39 is 7.12 Å². The van der Waals surface area contributed by atoms with Crippen molar-refractivity contribution in [3.8, 4) is 45.3 Å². The number of rotatable bonds is 5. The van der Waals surface area contributed by atoms with E-state index in [1.807, 2.05) is 115 Å². The Labute approximate surface area is 214 Å². The molecule has 0 saturated heterocycles. The number of fused-ring (bicyclic) bond motifs is 1. The van der Waals surface area contributed by atoms with Gasteiger partial charge in [-0.3, -0.25) is 0 Å². The lowest BCUT2D eigenvalue weighted by molar-refractivity contribution is 0.426. The SMILES string of the molecule is OB(O)c1ccc(-c2ccc(-c3nc(-c4ccccc4)nc(-c4ccccc4)n3)cc2)c2ccccc12. The molecular formula is C31H22BN3O2. The molecule has 0 atom stereocenters. The van der Waals surface area contributed by atoms with Crippen molar-refractivity contribution in [1.29, 1.82) is 0 Å². The number of nitrogens with zero attached hydrogens (tertiary/aromatic N) is 3. The van der Waals surface area contributed by atoms with Gasteiger partial charge in [0.05, 0.1) is 0 Å². The lowest BCUT2D eigenvalue weighted by Gasteiger charge is -2.12. The van der Waals surface area contributed by atoms with Gasteiger partial charge in [-0.25, -0.2) is 15.0 Å². The molecule has 0 aliphatic heterocycles. The highest BCUT2D eigenvalue weighted by molar-refractivity contribution is 6.62. The van der Waals surface area contributed by atoms with Gasteiger partial charge in [-0.2, -0.15) is 0 Å². The molecule has 0 bridgehead atoms. The van der Waals surface area contributed by atoms with Crippen molar-refractivity contribution in [3.05, 3.63) is 121 Å². The molecule has 0 spiro atoms. The second kappa shape index (κ2) is 9.78. The Hall–Kier alpha value is -4.65. The largest absolute Gasteiger partial charge is 0.489 e. The van der Waals surface area contributed by atoms with E-state index in [1.54, 1.807) is 6.07 Å². The molecule has 0 fully saturated rings. The zero-order chi connectivity index (χ0) is 25.2. The molecule has 1 aromatic heterocycles. The summed E-state index contributed by atoms with van der Waals surface area (Å²) in [7, 11) is -1.53. The minimum absolute atomic E-state index is 0.489. The molecule has 176 valence electrons. The molecule has 0 unspecified atom stereocenters. The van der Waals surface area contributed by atoms with Crippen LogP contribution in [0.2, 0.25) is 0 Å². The quantitative estimate of drug-likeness (QED) is 0.325. The molecule has 5 nitrogen and oxygen atoms in total. The molecule has 0 saturated carbocycles. The van der Waals surface area contributed by atoms with E-state index in [9.17, 15) is 10.0 Å². The Bertz CT molecular complexity index is 1630. The maximum atomic E-state index is 9.79. The van der Waals surface area contributed by atoms with Gasteiger partial charge >= 0.3 is 7.12 Å². The van der Waals surface area contributed by atoms with Crippen molar-refractivity contribution in [3.63, 3.8) is 0 Å². The third-order valence-corrected chi connectivity index (χ3v) is 6.39. The first-order valence-electron chi connectivity index (χ1n) is 12.0. The molecule has 37 heavy (non-hydrogen) atoms. The first-order chi connectivity index (χ1) is 18.2. The fourth-order valence-electron chi connectivity index (χ4n) is 4.54. The summed E-state index contributed by atoms with van der Waals surface area (Å²) in [6.45, 7) is 0. The van der Waals surface area contributed by atoms with Crippen molar-refractivity contribution in [2.75, 3.05) is 0 Å². The lowest BCUT2D eigenvalue weighted by Crippen LogP contribution is -2.30. The van der Waals surface area contributed by atoms with E-state index in [0.29, 0.717) is 22.9 Å². The lowest BCUT2D eigenvalue weighted by atomic mass is 9.76. The van der Waals surface area contributed by atoms with E-state index in [0.717, 1.165) is 38.6 Å². The number of benzene rings is 5. The average molecular weight is 479 g/mol. The number of hydrogen-bond donors (Lipinski definition) is 2. The van der Waals surface area contributed by atoms with E-state index in [2.05, 4.69) is 0 Å². The van der Waals surface area contributed by atoms with E-state index in [-0.39, 0.29) is 0 Å². The van der Waals surface area contributed by atoms with Crippen LogP contribution in [0.5, 0.6) is 0 Å². The van der Waals surface area contributed by atoms with Crippen LogP contribution < -0.4 is 5.46 Å². The van der Waals surface area contributed by atoms with Crippen molar-refractivity contribution < 1.29 is 10.0 Å². The number of aromatic nitrogens is 3. The second-order valence-corrected chi connectivity index (χ2v) is 8.74. The van der Waals surface area contributed by atoms with Crippen LogP contribution in [0.25, 0.3) is 56.1 Å². The van der Waals surface area contributed by atoms with Gasteiger partial charge in [0.25, 0.3) is 0 Å². The molecule has 0 aliphatic carbocycles. The van der Waals surface area contributed by atoms with Crippen LogP contribution >= 0.6 is 0 Å². The highest BCUT2D eigenvalue weighted by Gasteiger charge is 2.17. The zero-order valence-corrected chi connectivity index (χ0v) is 19.9. The molecule has 2 N–H and O–H groups in total. The summed E-state index contributed by atoms with van der Waals surface area (Å²) in [5.41, 5.74) is 5.25. The minimum Gasteiger partial charge on any atom is -0.423 e. The molecule has 6 aromatic rings. The molecule has 5 aromatic carbocycles. The van der Waals surface area contributed by atoms with Crippen LogP contribution in [0.1, 0.15) is 0 Å². The maximum absolute atomic E-state index is 9.79. The zero-order valence-electron chi connectivity index (χ0n) is 19.9. The van der Waals surface area contributed by atoms with Gasteiger partial charge in [0.15, 0.2) is 17.5 Å². The second-order valence-electron chi connectivity index (χ2n) is 8.74. The summed E-state index contributed by atoms with van der Waals surface area (Å²) < 4.78 is 0. The molecule has 6 rings (SSSR count). The average Bonchev–Trinajstić information content (AvgIpc) is 2.97. The summed E-state index contributed by atoms with van der Waals surface area (Å²) in [6, 6.07) is 39.4. The van der Waals surface area contributed by atoms with Crippen molar-refractivity contribution in [2.45, 2.75) is 0 Å². The van der Waals surface area contributed by atoms with Crippen molar-refractivity contribution >= 4 is 23.4 Å². The van der Waals surface area contributed by atoms with E-state index in [1.165, 1.54) is 0 Å². The fraction of sp³-hybridized carbons (Fsp3) is 0. The smallest absolute Gasteiger partial charge is 0.423 e. The van der Waals surface area contributed by atoms with Crippen LogP contribution in [0.4, 0.5) is 0 Å². The van der Waals surface area contributed by atoms with E-state index >= 15 is 0 Å². The van der Waals surface area contributed by atoms with Gasteiger partial charge in [0, 0.05) is 16.7 Å². The van der Waals surface area contributed by atoms with Crippen molar-refractivity contribution in [2.24, 2.45) is 0 Å². The van der Waals surface area contributed by atoms with Gasteiger partial charge < -0.3 is 10.0 Å². The van der Waals surface area contributed by atoms with Crippen LogP contribution in [0, 0.1) is 0 Å². The minimum atomic E-state index is -1.53. The Kier molecular flexibility index (Phi) is 6.02. The molecule has 0 aliphatic rings. The predicted molar refractivity (Wildman–Crippen MR) is 149 cm³/mol. The summed E-state index contributed by atoms with van der Waals surface area (Å²) in [6.07, 6.45) is 0. The maximum Gasteiger partial charge on any atom is 0.489 e. The summed E-state index contributed by atoms with van der Waals surface area (Å²) in [5, 5.41) is 21.4. The van der Waals surface area contributed by atoms with Crippen LogP contribution in [-0.2, 0) is 0 Å². The molecule has 6 heteroatoms. The first-order valence-corrected chi connectivity index (χ1v) is 12.0. The number of hydrogen-bond acceptors (Lipinski definition) is 5. The van der Waals surface area contributed by atoms with Gasteiger partial charge in [0.2, 0.25) is 0 Å². The molecular weight excluding hydrogens is 457 g/mol. The van der Waals surface area contributed by atoms with Crippen molar-refractivity contribution in [1.82, 2.24) is 15.0 Å². The highest BCUT2D eigenvalue weighted by Crippen LogP contribution is 2.30. The van der Waals surface area contributed by atoms with Crippen LogP contribution in [0.3, 0.4) is 0 Å². The monoisotopic (exact) mass is 479 g/mol. The summed E-state index contributed by atoms with van der Waals surface area (Å²) in [4.78, 5) is 14.4. The Morgan fingerprint density at radius 3 is 1.35 bits per heavy atom. The third-order valence-electron chi connectivity index (χ3n) is 6.39. The van der Waals surface area contributed by atoms with Gasteiger partial charge in [-0.05, 0) is 27.4 Å². The standard InChI is InChI=1S/C31H22BN3O2/c36-32(37)28-20-19-25(26-13-7-8-14-27(26)28)21-15-17-24(18-16-21)31-34-29(22-9-3-1-4-10-22)33-30(35-31)23-11-5-2-6-12-23/h1-20,36-37H. The Morgan fingerprint density at radius 1 is 0.405 bits per heavy atom. The third kappa shape index (κ3) is 4.52. The Balaban J connectivity index is 1.44. The molecule has 0 amide bonds. The normalized spacial score (nSPS) is 11.0. The Morgan fingerprint density at radius 2 is 0.838 bits per heavy atom. The molecule has 0 radical (unpaired) electrons. The fourth-order valence-corrected chi connectivity index (χ4v) is 4.54. The topological polar surface area (TPSA) is 79.1 Å². The first kappa shape index (κ1) is 22.8. The van der Waals surface area contributed by atoms with Gasteiger partial charge in [-0.15, -0.1) is 0 Å². The van der Waals surface area contributed by atoms with Crippen LogP contribution in [-0.4, -0.2) is 32.1 Å². The summed E-state index contributed by atoms with van der Waals surface area (Å²) in [5.74, 6) is 1.85. The summed E-state index contributed by atoms with van der Waals surface area (Å²) >= 11 is 0. The van der Waals surface area contributed by atoms with Crippen LogP contribution in [0.15, 0.2) is 121 Å². The van der Waals surface area contributed by atoms with Gasteiger partial charge in [0.1, 0.15) is 0 Å². The predicted octanol–water partition coefficient (Wildman–Crippen LogP) is 5.37. The molecule has 1 heterocycles.